The number of hydrogen-bond acceptors (Lipinski definition) is 4. The van der Waals surface area contributed by atoms with E-state index in [0.29, 0.717) is 12.2 Å². The van der Waals surface area contributed by atoms with Crippen LogP contribution in [0.4, 0.5) is 5.69 Å². The molecule has 1 atom stereocenters. The summed E-state index contributed by atoms with van der Waals surface area (Å²) in [4.78, 5) is 27.4. The van der Waals surface area contributed by atoms with Gasteiger partial charge in [0.1, 0.15) is 12.6 Å². The number of sulfonamides is 1. The van der Waals surface area contributed by atoms with Crippen molar-refractivity contribution in [3.63, 3.8) is 0 Å². The van der Waals surface area contributed by atoms with E-state index in [0.717, 1.165) is 31.7 Å². The third-order valence-corrected chi connectivity index (χ3v) is 7.26. The Labute approximate surface area is 199 Å². The van der Waals surface area contributed by atoms with Gasteiger partial charge < -0.3 is 10.2 Å². The summed E-state index contributed by atoms with van der Waals surface area (Å²) in [5.74, 6) is -0.752. The summed E-state index contributed by atoms with van der Waals surface area (Å²) in [6.45, 7) is 7.45. The number of halogens is 1. The SMILES string of the molecule is CCNC(=O)[C@H](C)N(Cc1ccccc1C)C(=O)CN(c1ccc(Br)c(C)c1)S(C)(=O)=O. The van der Waals surface area contributed by atoms with Crippen molar-refractivity contribution in [2.24, 2.45) is 0 Å². The number of amides is 2. The monoisotopic (exact) mass is 523 g/mol. The molecule has 0 saturated heterocycles. The fraction of sp³-hybridized carbons (Fsp3) is 0.391. The molecule has 0 aliphatic heterocycles. The van der Waals surface area contributed by atoms with Crippen LogP contribution >= 0.6 is 15.9 Å². The Morgan fingerprint density at radius 1 is 1.09 bits per heavy atom. The van der Waals surface area contributed by atoms with Crippen LogP contribution in [0.3, 0.4) is 0 Å². The van der Waals surface area contributed by atoms with Gasteiger partial charge in [0.25, 0.3) is 0 Å². The van der Waals surface area contributed by atoms with E-state index in [2.05, 4.69) is 21.2 Å². The predicted molar refractivity (Wildman–Crippen MR) is 131 cm³/mol. The van der Waals surface area contributed by atoms with Crippen LogP contribution in [0.15, 0.2) is 46.9 Å². The molecule has 0 heterocycles. The fourth-order valence-electron chi connectivity index (χ4n) is 3.27. The molecule has 0 saturated carbocycles. The summed E-state index contributed by atoms with van der Waals surface area (Å²) in [6.07, 6.45) is 1.07. The van der Waals surface area contributed by atoms with Gasteiger partial charge in [-0.05, 0) is 62.6 Å². The van der Waals surface area contributed by atoms with Crippen LogP contribution in [0.25, 0.3) is 0 Å². The topological polar surface area (TPSA) is 86.8 Å². The number of rotatable bonds is 9. The van der Waals surface area contributed by atoms with Crippen molar-refractivity contribution in [2.75, 3.05) is 23.7 Å². The summed E-state index contributed by atoms with van der Waals surface area (Å²) in [5, 5.41) is 2.74. The first-order valence-electron chi connectivity index (χ1n) is 10.3. The van der Waals surface area contributed by atoms with Gasteiger partial charge in [-0.15, -0.1) is 0 Å². The van der Waals surface area contributed by atoms with Gasteiger partial charge in [-0.3, -0.25) is 13.9 Å². The number of nitrogens with one attached hydrogen (secondary N) is 1. The molecule has 0 aliphatic carbocycles. The molecule has 174 valence electrons. The molecule has 0 bridgehead atoms. The van der Waals surface area contributed by atoms with Gasteiger partial charge >= 0.3 is 0 Å². The molecule has 1 N–H and O–H groups in total. The molecule has 0 fully saturated rings. The lowest BCUT2D eigenvalue weighted by Crippen LogP contribution is -2.51. The number of hydrogen-bond donors (Lipinski definition) is 1. The minimum atomic E-state index is -3.74. The number of benzene rings is 2. The Kier molecular flexibility index (Phi) is 8.86. The average molecular weight is 524 g/mol. The number of carbonyl (C=O) groups is 2. The number of carbonyl (C=O) groups excluding carboxylic acids is 2. The molecule has 0 aromatic heterocycles. The molecule has 0 aliphatic rings. The molecule has 7 nitrogen and oxygen atoms in total. The van der Waals surface area contributed by atoms with Gasteiger partial charge in [-0.1, -0.05) is 40.2 Å². The van der Waals surface area contributed by atoms with Crippen molar-refractivity contribution >= 4 is 43.5 Å². The maximum Gasteiger partial charge on any atom is 0.244 e. The van der Waals surface area contributed by atoms with Crippen LogP contribution in [0, 0.1) is 13.8 Å². The zero-order valence-corrected chi connectivity index (χ0v) is 21.5. The van der Waals surface area contributed by atoms with Gasteiger partial charge in [0.2, 0.25) is 21.8 Å². The normalized spacial score (nSPS) is 12.2. The van der Waals surface area contributed by atoms with Gasteiger partial charge in [-0.2, -0.15) is 0 Å². The zero-order valence-electron chi connectivity index (χ0n) is 19.1. The van der Waals surface area contributed by atoms with E-state index in [1.54, 1.807) is 32.0 Å². The van der Waals surface area contributed by atoms with Crippen molar-refractivity contribution in [1.82, 2.24) is 10.2 Å². The van der Waals surface area contributed by atoms with Gasteiger partial charge in [0.15, 0.2) is 0 Å². The van der Waals surface area contributed by atoms with Crippen molar-refractivity contribution in [3.05, 3.63) is 63.6 Å². The maximum atomic E-state index is 13.4. The lowest BCUT2D eigenvalue weighted by Gasteiger charge is -2.32. The van der Waals surface area contributed by atoms with Crippen LogP contribution < -0.4 is 9.62 Å². The van der Waals surface area contributed by atoms with Gasteiger partial charge in [0.05, 0.1) is 11.9 Å². The molecule has 0 spiro atoms. The van der Waals surface area contributed by atoms with E-state index in [9.17, 15) is 18.0 Å². The third-order valence-electron chi connectivity index (χ3n) is 5.23. The highest BCUT2D eigenvalue weighted by Crippen LogP contribution is 2.25. The summed E-state index contributed by atoms with van der Waals surface area (Å²) >= 11 is 3.41. The second kappa shape index (κ2) is 11.0. The first-order valence-corrected chi connectivity index (χ1v) is 12.9. The largest absolute Gasteiger partial charge is 0.355 e. The molecule has 0 radical (unpaired) electrons. The van der Waals surface area contributed by atoms with Crippen LogP contribution in [0.5, 0.6) is 0 Å². The minimum Gasteiger partial charge on any atom is -0.355 e. The summed E-state index contributed by atoms with van der Waals surface area (Å²) < 4.78 is 27.1. The lowest BCUT2D eigenvalue weighted by atomic mass is 10.1. The minimum absolute atomic E-state index is 0.195. The average Bonchev–Trinajstić information content (AvgIpc) is 2.72. The Morgan fingerprint density at radius 3 is 2.31 bits per heavy atom. The van der Waals surface area contributed by atoms with Crippen LogP contribution in [-0.2, 0) is 26.2 Å². The van der Waals surface area contributed by atoms with E-state index in [-0.39, 0.29) is 12.5 Å². The Bertz CT molecular complexity index is 1090. The summed E-state index contributed by atoms with van der Waals surface area (Å²) in [7, 11) is -3.74. The van der Waals surface area contributed by atoms with Gasteiger partial charge in [-0.25, -0.2) is 8.42 Å². The zero-order chi connectivity index (χ0) is 24.1. The molecule has 9 heteroatoms. The highest BCUT2D eigenvalue weighted by molar-refractivity contribution is 9.10. The van der Waals surface area contributed by atoms with E-state index >= 15 is 0 Å². The molecular weight excluding hydrogens is 494 g/mol. The highest BCUT2D eigenvalue weighted by atomic mass is 79.9. The predicted octanol–water partition coefficient (Wildman–Crippen LogP) is 3.39. The number of aryl methyl sites for hydroxylation is 2. The van der Waals surface area contributed by atoms with Gasteiger partial charge in [0, 0.05) is 17.6 Å². The third kappa shape index (κ3) is 6.56. The van der Waals surface area contributed by atoms with Crippen LogP contribution in [0.1, 0.15) is 30.5 Å². The molecule has 2 amide bonds. The molecule has 0 unspecified atom stereocenters. The Morgan fingerprint density at radius 2 is 1.75 bits per heavy atom. The molecular formula is C23H30BrN3O4S. The van der Waals surface area contributed by atoms with E-state index in [4.69, 9.17) is 0 Å². The van der Waals surface area contributed by atoms with E-state index in [1.807, 2.05) is 38.1 Å². The van der Waals surface area contributed by atoms with Crippen molar-refractivity contribution in [1.29, 1.82) is 0 Å². The smallest absolute Gasteiger partial charge is 0.244 e. The van der Waals surface area contributed by atoms with Crippen molar-refractivity contribution < 1.29 is 18.0 Å². The summed E-state index contributed by atoms with van der Waals surface area (Å²) in [6, 6.07) is 11.9. The number of anilines is 1. The summed E-state index contributed by atoms with van der Waals surface area (Å²) in [5.41, 5.74) is 3.11. The highest BCUT2D eigenvalue weighted by Gasteiger charge is 2.30. The van der Waals surface area contributed by atoms with Crippen molar-refractivity contribution in [3.8, 4) is 0 Å². The van der Waals surface area contributed by atoms with Crippen LogP contribution in [-0.4, -0.2) is 50.5 Å². The lowest BCUT2D eigenvalue weighted by molar-refractivity contribution is -0.139. The van der Waals surface area contributed by atoms with E-state index < -0.39 is 28.5 Å². The molecule has 2 rings (SSSR count). The standard InChI is InChI=1S/C23H30BrN3O4S/c1-6-25-23(29)18(4)26(14-19-10-8-7-9-16(19)2)22(28)15-27(32(5,30)31)20-11-12-21(24)17(3)13-20/h7-13,18H,6,14-15H2,1-5H3,(H,25,29)/t18-/m0/s1. The Hall–Kier alpha value is -2.39. The van der Waals surface area contributed by atoms with Crippen molar-refractivity contribution in [2.45, 2.75) is 40.3 Å². The molecule has 32 heavy (non-hydrogen) atoms. The quantitative estimate of drug-likeness (QED) is 0.545. The molecule has 2 aromatic carbocycles. The van der Waals surface area contributed by atoms with E-state index in [1.165, 1.54) is 4.90 Å². The second-order valence-electron chi connectivity index (χ2n) is 7.72. The second-order valence-corrected chi connectivity index (χ2v) is 10.5. The number of nitrogens with zero attached hydrogens (tertiary/aromatic N) is 2. The Balaban J connectivity index is 2.42. The fourth-order valence-corrected chi connectivity index (χ4v) is 4.36. The first kappa shape index (κ1) is 25.9. The molecule has 2 aromatic rings. The first-order chi connectivity index (χ1) is 15.0. The number of likely N-dealkylation sites (N-methyl/N-ethyl adjacent to an activating group) is 1. The van der Waals surface area contributed by atoms with Crippen LogP contribution in [0.2, 0.25) is 0 Å². The maximum absolute atomic E-state index is 13.4.